The number of halogens is 6. The zero-order chi connectivity index (χ0) is 11.6. The van der Waals surface area contributed by atoms with E-state index in [1.807, 2.05) is 0 Å². The quantitative estimate of drug-likeness (QED) is 0.490. The minimum Gasteiger partial charge on any atom is -0.363 e. The molecule has 0 radical (unpaired) electrons. The second kappa shape index (κ2) is 3.69. The van der Waals surface area contributed by atoms with E-state index in [1.54, 1.807) is 5.92 Å². The van der Waals surface area contributed by atoms with Crippen LogP contribution >= 0.6 is 0 Å². The maximum Gasteiger partial charge on any atom is 0.438 e. The third kappa shape index (κ3) is 2.32. The van der Waals surface area contributed by atoms with Crippen LogP contribution in [0.3, 0.4) is 0 Å². The fraction of sp³-hybridized carbons (Fsp3) is 0.714. The van der Waals surface area contributed by atoms with Gasteiger partial charge in [0.25, 0.3) is 0 Å². The lowest BCUT2D eigenvalue weighted by Gasteiger charge is -2.27. The molecular weight excluding hydrogens is 214 g/mol. The summed E-state index contributed by atoms with van der Waals surface area (Å²) in [5, 5.41) is 8.39. The predicted molar refractivity (Wildman–Crippen MR) is 35.1 cm³/mol. The van der Waals surface area contributed by atoms with E-state index >= 15 is 0 Å². The van der Waals surface area contributed by atoms with Gasteiger partial charge in [0.2, 0.25) is 0 Å². The van der Waals surface area contributed by atoms with Crippen LogP contribution in [-0.2, 0) is 0 Å². The van der Waals surface area contributed by atoms with Crippen molar-refractivity contribution < 1.29 is 31.4 Å². The van der Waals surface area contributed by atoms with Gasteiger partial charge in [-0.05, 0) is 5.92 Å². The summed E-state index contributed by atoms with van der Waals surface area (Å²) in [5.74, 6) is 2.34. The minimum absolute atomic E-state index is 0.214. The molecule has 0 bridgehead atoms. The molecule has 0 saturated heterocycles. The highest BCUT2D eigenvalue weighted by molar-refractivity contribution is 5.20. The molecule has 82 valence electrons. The molecule has 0 fully saturated rings. The fourth-order valence-corrected chi connectivity index (χ4v) is 0.519. The van der Waals surface area contributed by atoms with Crippen molar-refractivity contribution in [1.29, 1.82) is 0 Å². The van der Waals surface area contributed by atoms with Gasteiger partial charge in [0.05, 0.1) is 0 Å². The molecule has 0 heterocycles. The molecule has 0 saturated carbocycles. The lowest BCUT2D eigenvalue weighted by atomic mass is 10.0. The monoisotopic (exact) mass is 220 g/mol. The van der Waals surface area contributed by atoms with E-state index in [9.17, 15) is 26.3 Å². The van der Waals surface area contributed by atoms with Gasteiger partial charge in [-0.3, -0.25) is 0 Å². The van der Waals surface area contributed by atoms with Gasteiger partial charge in [0.1, 0.15) is 0 Å². The molecular formula is C7H6F6O. The number of alkyl halides is 6. The Kier molecular flexibility index (Phi) is 3.45. The van der Waals surface area contributed by atoms with Crippen LogP contribution in [0, 0.1) is 11.8 Å². The molecule has 0 atom stereocenters. The van der Waals surface area contributed by atoms with Crippen LogP contribution in [0.5, 0.6) is 0 Å². The van der Waals surface area contributed by atoms with Crippen molar-refractivity contribution in [1.82, 2.24) is 0 Å². The molecule has 0 aromatic carbocycles. The van der Waals surface area contributed by atoms with Gasteiger partial charge >= 0.3 is 18.0 Å². The van der Waals surface area contributed by atoms with Crippen LogP contribution in [-0.4, -0.2) is 23.1 Å². The smallest absolute Gasteiger partial charge is 0.363 e. The highest BCUT2D eigenvalue weighted by Gasteiger charge is 2.70. The number of rotatable bonds is 0. The number of hydrogen-bond acceptors (Lipinski definition) is 1. The molecule has 0 aliphatic rings. The van der Waals surface area contributed by atoms with Crippen molar-refractivity contribution in [2.45, 2.75) is 31.3 Å². The zero-order valence-corrected chi connectivity index (χ0v) is 6.92. The van der Waals surface area contributed by atoms with Gasteiger partial charge in [-0.1, -0.05) is 12.8 Å². The average molecular weight is 220 g/mol. The van der Waals surface area contributed by atoms with E-state index in [2.05, 4.69) is 0 Å². The molecule has 0 aliphatic carbocycles. The Morgan fingerprint density at radius 3 is 1.57 bits per heavy atom. The molecule has 14 heavy (non-hydrogen) atoms. The lowest BCUT2D eigenvalue weighted by molar-refractivity contribution is -0.343. The first-order chi connectivity index (χ1) is 6.06. The van der Waals surface area contributed by atoms with Crippen molar-refractivity contribution in [3.05, 3.63) is 0 Å². The second-order valence-corrected chi connectivity index (χ2v) is 2.36. The van der Waals surface area contributed by atoms with Crippen LogP contribution in [0.1, 0.15) is 13.3 Å². The van der Waals surface area contributed by atoms with E-state index in [1.165, 1.54) is 6.92 Å². The van der Waals surface area contributed by atoms with Crippen LogP contribution in [0.25, 0.3) is 0 Å². The third-order valence-electron chi connectivity index (χ3n) is 1.27. The Balaban J connectivity index is 5.29. The Labute approximate surface area is 75.7 Å². The second-order valence-electron chi connectivity index (χ2n) is 2.36. The molecule has 0 aliphatic heterocycles. The predicted octanol–water partition coefficient (Wildman–Crippen LogP) is 2.26. The van der Waals surface area contributed by atoms with Gasteiger partial charge in [-0.15, -0.1) is 0 Å². The van der Waals surface area contributed by atoms with Gasteiger partial charge in [0.15, 0.2) is 0 Å². The molecule has 0 aromatic heterocycles. The van der Waals surface area contributed by atoms with Crippen LogP contribution in [0.2, 0.25) is 0 Å². The Morgan fingerprint density at radius 2 is 1.36 bits per heavy atom. The first kappa shape index (κ1) is 13.1. The summed E-state index contributed by atoms with van der Waals surface area (Å²) in [6.07, 6.45) is -11.9. The van der Waals surface area contributed by atoms with E-state index in [4.69, 9.17) is 5.11 Å². The van der Waals surface area contributed by atoms with E-state index < -0.39 is 18.0 Å². The summed E-state index contributed by atoms with van der Waals surface area (Å²) in [6.45, 7) is 1.26. The van der Waals surface area contributed by atoms with Gasteiger partial charge < -0.3 is 5.11 Å². The first-order valence-electron chi connectivity index (χ1n) is 3.42. The Hall–Kier alpha value is -0.900. The largest absolute Gasteiger partial charge is 0.438 e. The topological polar surface area (TPSA) is 20.2 Å². The first-order valence-corrected chi connectivity index (χ1v) is 3.42. The van der Waals surface area contributed by atoms with E-state index in [-0.39, 0.29) is 6.42 Å². The van der Waals surface area contributed by atoms with E-state index in [0.29, 0.717) is 0 Å². The maximum absolute atomic E-state index is 11.9. The summed E-state index contributed by atoms with van der Waals surface area (Å²) >= 11 is 0. The van der Waals surface area contributed by atoms with Gasteiger partial charge in [-0.25, -0.2) is 0 Å². The molecule has 0 spiro atoms. The van der Waals surface area contributed by atoms with Crippen LogP contribution in [0.4, 0.5) is 26.3 Å². The number of aliphatic hydroxyl groups is 1. The van der Waals surface area contributed by atoms with Gasteiger partial charge in [-0.2, -0.15) is 26.3 Å². The zero-order valence-electron chi connectivity index (χ0n) is 6.92. The lowest BCUT2D eigenvalue weighted by Crippen LogP contribution is -2.55. The summed E-state index contributed by atoms with van der Waals surface area (Å²) < 4.78 is 71.1. The maximum atomic E-state index is 11.9. The molecule has 7 heteroatoms. The van der Waals surface area contributed by atoms with Crippen molar-refractivity contribution in [2.24, 2.45) is 0 Å². The van der Waals surface area contributed by atoms with Crippen molar-refractivity contribution in [3.8, 4) is 11.8 Å². The molecule has 1 N–H and O–H groups in total. The normalized spacial score (nSPS) is 13.4. The molecule has 0 unspecified atom stereocenters. The summed E-state index contributed by atoms with van der Waals surface area (Å²) in [5.41, 5.74) is -4.93. The minimum atomic E-state index is -5.85. The van der Waals surface area contributed by atoms with Gasteiger partial charge in [0, 0.05) is 6.42 Å². The highest BCUT2D eigenvalue weighted by Crippen LogP contribution is 2.42. The highest BCUT2D eigenvalue weighted by atomic mass is 19.4. The molecule has 0 amide bonds. The molecule has 0 aromatic rings. The summed E-state index contributed by atoms with van der Waals surface area (Å²) in [7, 11) is 0. The SMILES string of the molecule is CCC#CC(O)(C(F)(F)F)C(F)(F)F. The van der Waals surface area contributed by atoms with Crippen molar-refractivity contribution in [2.75, 3.05) is 0 Å². The summed E-state index contributed by atoms with van der Waals surface area (Å²) in [4.78, 5) is 0. The standard InChI is InChI=1S/C7H6F6O/c1-2-3-4-5(14,6(8,9)10)7(11,12)13/h14H,2H2,1H3. The van der Waals surface area contributed by atoms with Crippen molar-refractivity contribution >= 4 is 0 Å². The molecule has 1 nitrogen and oxygen atoms in total. The van der Waals surface area contributed by atoms with Crippen LogP contribution in [0.15, 0.2) is 0 Å². The fourth-order valence-electron chi connectivity index (χ4n) is 0.519. The Bertz CT molecular complexity index is 238. The molecule has 0 rings (SSSR count). The van der Waals surface area contributed by atoms with E-state index in [0.717, 1.165) is 5.92 Å². The third-order valence-corrected chi connectivity index (χ3v) is 1.27. The average Bonchev–Trinajstić information content (AvgIpc) is 1.95. The van der Waals surface area contributed by atoms with Crippen LogP contribution < -0.4 is 0 Å². The van der Waals surface area contributed by atoms with Crippen molar-refractivity contribution in [3.63, 3.8) is 0 Å². The summed E-state index contributed by atoms with van der Waals surface area (Å²) in [6, 6.07) is 0. The Morgan fingerprint density at radius 1 is 1.00 bits per heavy atom. The number of hydrogen-bond donors (Lipinski definition) is 1.